The maximum atomic E-state index is 12.0. The topological polar surface area (TPSA) is 55.8 Å². The number of anilines is 1. The lowest BCUT2D eigenvalue weighted by Gasteiger charge is -2.23. The third-order valence-electron chi connectivity index (χ3n) is 3.20. The summed E-state index contributed by atoms with van der Waals surface area (Å²) in [6, 6.07) is 6.67. The molecule has 1 aromatic rings. The van der Waals surface area contributed by atoms with Gasteiger partial charge in [-0.3, -0.25) is 9.69 Å². The van der Waals surface area contributed by atoms with Crippen molar-refractivity contribution >= 4 is 17.6 Å². The number of ether oxygens (including phenoxy) is 2. The fraction of sp³-hybridized carbons (Fsp3) is 0.467. The monoisotopic (exact) mass is 277 g/mol. The van der Waals surface area contributed by atoms with Gasteiger partial charge in [0.25, 0.3) is 0 Å². The second kappa shape index (κ2) is 6.41. The van der Waals surface area contributed by atoms with Crippen LogP contribution in [0.2, 0.25) is 0 Å². The Bertz CT molecular complexity index is 483. The number of esters is 1. The van der Waals surface area contributed by atoms with E-state index in [9.17, 15) is 9.59 Å². The van der Waals surface area contributed by atoms with E-state index < -0.39 is 6.04 Å². The van der Waals surface area contributed by atoms with Crippen molar-refractivity contribution in [3.63, 3.8) is 0 Å². The fourth-order valence-electron chi connectivity index (χ4n) is 2.34. The number of rotatable bonds is 5. The van der Waals surface area contributed by atoms with Crippen LogP contribution in [0.4, 0.5) is 5.69 Å². The number of hydrogen-bond donors (Lipinski definition) is 0. The number of carbonyl (C=O) groups is 2. The van der Waals surface area contributed by atoms with Gasteiger partial charge in [0.1, 0.15) is 11.8 Å². The smallest absolute Gasteiger partial charge is 0.329 e. The van der Waals surface area contributed by atoms with Crippen molar-refractivity contribution in [2.75, 3.05) is 18.1 Å². The molecule has 0 N–H and O–H groups in total. The Balaban J connectivity index is 2.19. The third kappa shape index (κ3) is 2.92. The van der Waals surface area contributed by atoms with E-state index >= 15 is 0 Å². The fourth-order valence-corrected chi connectivity index (χ4v) is 2.34. The van der Waals surface area contributed by atoms with Gasteiger partial charge in [0.15, 0.2) is 0 Å². The molecule has 1 aromatic carbocycles. The van der Waals surface area contributed by atoms with Crippen molar-refractivity contribution in [2.24, 2.45) is 0 Å². The molecule has 1 amide bonds. The molecule has 0 spiro atoms. The van der Waals surface area contributed by atoms with Crippen LogP contribution < -0.4 is 9.64 Å². The molecule has 5 nitrogen and oxygen atoms in total. The Morgan fingerprint density at radius 1 is 1.25 bits per heavy atom. The Labute approximate surface area is 118 Å². The van der Waals surface area contributed by atoms with Crippen molar-refractivity contribution in [3.8, 4) is 5.75 Å². The lowest BCUT2D eigenvalue weighted by molar-refractivity contribution is -0.144. The molecule has 0 radical (unpaired) electrons. The molecule has 1 aliphatic rings. The van der Waals surface area contributed by atoms with Gasteiger partial charge in [-0.2, -0.15) is 0 Å². The Morgan fingerprint density at radius 2 is 1.95 bits per heavy atom. The number of nitrogens with zero attached hydrogens (tertiary/aromatic N) is 1. The van der Waals surface area contributed by atoms with Crippen molar-refractivity contribution in [1.29, 1.82) is 0 Å². The van der Waals surface area contributed by atoms with E-state index in [0.717, 1.165) is 5.75 Å². The highest BCUT2D eigenvalue weighted by molar-refractivity contribution is 6.02. The highest BCUT2D eigenvalue weighted by Crippen LogP contribution is 2.28. The minimum Gasteiger partial charge on any atom is -0.494 e. The van der Waals surface area contributed by atoms with Gasteiger partial charge in [-0.1, -0.05) is 0 Å². The molecular weight excluding hydrogens is 258 g/mol. The van der Waals surface area contributed by atoms with Crippen LogP contribution in [0.5, 0.6) is 5.75 Å². The van der Waals surface area contributed by atoms with Crippen LogP contribution in [0.3, 0.4) is 0 Å². The number of carbonyl (C=O) groups excluding carboxylic acids is 2. The minimum atomic E-state index is -0.514. The first-order chi connectivity index (χ1) is 9.67. The minimum absolute atomic E-state index is 0.0489. The van der Waals surface area contributed by atoms with E-state index in [1.54, 1.807) is 31.2 Å². The molecule has 2 rings (SSSR count). The molecule has 0 saturated carbocycles. The molecule has 0 bridgehead atoms. The maximum Gasteiger partial charge on any atom is 0.329 e. The summed E-state index contributed by atoms with van der Waals surface area (Å²) >= 11 is 0. The van der Waals surface area contributed by atoms with Gasteiger partial charge in [0.05, 0.1) is 13.2 Å². The summed E-state index contributed by atoms with van der Waals surface area (Å²) < 4.78 is 10.4. The van der Waals surface area contributed by atoms with Crippen LogP contribution in [-0.2, 0) is 14.3 Å². The largest absolute Gasteiger partial charge is 0.494 e. The first kappa shape index (κ1) is 14.4. The highest BCUT2D eigenvalue weighted by Gasteiger charge is 2.37. The van der Waals surface area contributed by atoms with Crippen LogP contribution in [0.25, 0.3) is 0 Å². The van der Waals surface area contributed by atoms with Gasteiger partial charge in [0.2, 0.25) is 5.91 Å². The predicted octanol–water partition coefficient (Wildman–Crippen LogP) is 2.14. The number of amides is 1. The first-order valence-corrected chi connectivity index (χ1v) is 6.89. The van der Waals surface area contributed by atoms with Crippen LogP contribution in [-0.4, -0.2) is 31.1 Å². The van der Waals surface area contributed by atoms with E-state index in [4.69, 9.17) is 9.47 Å². The Morgan fingerprint density at radius 3 is 2.55 bits per heavy atom. The molecule has 1 atom stereocenters. The molecule has 0 aromatic heterocycles. The van der Waals surface area contributed by atoms with Gasteiger partial charge in [-0.15, -0.1) is 0 Å². The molecule has 20 heavy (non-hydrogen) atoms. The Kier molecular flexibility index (Phi) is 4.61. The zero-order valence-electron chi connectivity index (χ0n) is 11.8. The molecule has 0 aliphatic carbocycles. The summed E-state index contributed by atoms with van der Waals surface area (Å²) in [5.74, 6) is 0.357. The average molecular weight is 277 g/mol. The summed E-state index contributed by atoms with van der Waals surface area (Å²) in [7, 11) is 0. The van der Waals surface area contributed by atoms with E-state index in [1.165, 1.54) is 4.90 Å². The predicted molar refractivity (Wildman–Crippen MR) is 74.8 cm³/mol. The lowest BCUT2D eigenvalue weighted by atomic mass is 10.2. The molecule has 1 unspecified atom stereocenters. The zero-order valence-corrected chi connectivity index (χ0v) is 11.8. The van der Waals surface area contributed by atoms with E-state index in [1.807, 2.05) is 6.92 Å². The summed E-state index contributed by atoms with van der Waals surface area (Å²) in [4.78, 5) is 25.4. The van der Waals surface area contributed by atoms with Gasteiger partial charge >= 0.3 is 5.97 Å². The molecule has 5 heteroatoms. The van der Waals surface area contributed by atoms with Crippen molar-refractivity contribution in [3.05, 3.63) is 24.3 Å². The summed E-state index contributed by atoms with van der Waals surface area (Å²) in [6.45, 7) is 4.58. The summed E-state index contributed by atoms with van der Waals surface area (Å²) in [6.07, 6.45) is 0.877. The molecule has 108 valence electrons. The van der Waals surface area contributed by atoms with Crippen molar-refractivity contribution in [2.45, 2.75) is 32.7 Å². The molecule has 1 saturated heterocycles. The van der Waals surface area contributed by atoms with Crippen LogP contribution >= 0.6 is 0 Å². The van der Waals surface area contributed by atoms with Gasteiger partial charge in [-0.25, -0.2) is 4.79 Å². The van der Waals surface area contributed by atoms with Gasteiger partial charge in [0, 0.05) is 12.1 Å². The Hall–Kier alpha value is -2.04. The van der Waals surface area contributed by atoms with E-state index in [0.29, 0.717) is 31.7 Å². The lowest BCUT2D eigenvalue weighted by Crippen LogP contribution is -2.39. The van der Waals surface area contributed by atoms with Crippen LogP contribution in [0.15, 0.2) is 24.3 Å². The van der Waals surface area contributed by atoms with E-state index in [-0.39, 0.29) is 11.9 Å². The van der Waals surface area contributed by atoms with Crippen molar-refractivity contribution < 1.29 is 19.1 Å². The second-order valence-electron chi connectivity index (χ2n) is 4.50. The third-order valence-corrected chi connectivity index (χ3v) is 3.20. The highest BCUT2D eigenvalue weighted by atomic mass is 16.5. The molecule has 1 aliphatic heterocycles. The second-order valence-corrected chi connectivity index (χ2v) is 4.50. The number of benzene rings is 1. The van der Waals surface area contributed by atoms with Crippen LogP contribution in [0, 0.1) is 0 Å². The first-order valence-electron chi connectivity index (χ1n) is 6.89. The van der Waals surface area contributed by atoms with Gasteiger partial charge in [-0.05, 0) is 44.5 Å². The quantitative estimate of drug-likeness (QED) is 0.774. The summed E-state index contributed by atoms with van der Waals surface area (Å²) in [5.41, 5.74) is 0.703. The van der Waals surface area contributed by atoms with Gasteiger partial charge < -0.3 is 9.47 Å². The van der Waals surface area contributed by atoms with Crippen LogP contribution in [0.1, 0.15) is 26.7 Å². The zero-order chi connectivity index (χ0) is 14.5. The van der Waals surface area contributed by atoms with E-state index in [2.05, 4.69) is 0 Å². The maximum absolute atomic E-state index is 12.0. The molecule has 1 fully saturated rings. The molecule has 1 heterocycles. The normalized spacial score (nSPS) is 18.2. The van der Waals surface area contributed by atoms with Crippen molar-refractivity contribution in [1.82, 2.24) is 0 Å². The SMILES string of the molecule is CCOC(=O)C1CCC(=O)N1c1ccc(OCC)cc1. The number of hydrogen-bond acceptors (Lipinski definition) is 4. The average Bonchev–Trinajstić information content (AvgIpc) is 2.82. The summed E-state index contributed by atoms with van der Waals surface area (Å²) in [5, 5.41) is 0. The molecular formula is C15H19NO4. The standard InChI is InChI=1S/C15H19NO4/c1-3-19-12-7-5-11(6-8-12)16-13(9-10-14(16)17)15(18)20-4-2/h5-8,13H,3-4,9-10H2,1-2H3.